The molecule has 2 amide bonds. The fourth-order valence-corrected chi connectivity index (χ4v) is 3.35. The zero-order valence-corrected chi connectivity index (χ0v) is 14.1. The first kappa shape index (κ1) is 16.7. The van der Waals surface area contributed by atoms with E-state index in [2.05, 4.69) is 45.2 Å². The molecule has 2 rings (SSSR count). The van der Waals surface area contributed by atoms with E-state index in [0.717, 1.165) is 0 Å². The second kappa shape index (κ2) is 8.12. The van der Waals surface area contributed by atoms with Gasteiger partial charge in [0.15, 0.2) is 0 Å². The van der Waals surface area contributed by atoms with E-state index in [1.807, 2.05) is 14.1 Å². The monoisotopic (exact) mass is 321 g/mol. The summed E-state index contributed by atoms with van der Waals surface area (Å²) in [6.07, 6.45) is 0. The number of hydrogen-bond acceptors (Lipinski definition) is 4. The van der Waals surface area contributed by atoms with Gasteiger partial charge in [-0.25, -0.2) is 4.79 Å². The number of hydrogen-bond donors (Lipinski definition) is 2. The lowest BCUT2D eigenvalue weighted by atomic mass is 10.0. The quantitative estimate of drug-likeness (QED) is 0.770. The molecule has 1 aromatic carbocycles. The van der Waals surface area contributed by atoms with Crippen LogP contribution < -0.4 is 10.6 Å². The first-order valence-corrected chi connectivity index (χ1v) is 8.14. The van der Waals surface area contributed by atoms with E-state index in [0.29, 0.717) is 19.7 Å². The van der Waals surface area contributed by atoms with Crippen molar-refractivity contribution in [2.24, 2.45) is 0 Å². The molecule has 0 bridgehead atoms. The van der Waals surface area contributed by atoms with Crippen LogP contribution in [0, 0.1) is 0 Å². The van der Waals surface area contributed by atoms with Gasteiger partial charge in [-0.05, 0) is 36.5 Å². The third kappa shape index (κ3) is 4.19. The van der Waals surface area contributed by atoms with Crippen LogP contribution in [0.25, 0.3) is 10.1 Å². The fourth-order valence-electron chi connectivity index (χ4n) is 2.35. The molecule has 1 heterocycles. The van der Waals surface area contributed by atoms with E-state index >= 15 is 0 Å². The molecule has 1 unspecified atom stereocenters. The smallest absolute Gasteiger partial charge is 0.314 e. The lowest BCUT2D eigenvalue weighted by Crippen LogP contribution is -2.41. The van der Waals surface area contributed by atoms with Gasteiger partial charge in [0, 0.05) is 24.9 Å². The zero-order valence-electron chi connectivity index (χ0n) is 13.3. The van der Waals surface area contributed by atoms with Crippen LogP contribution in [0.4, 0.5) is 4.79 Å². The Morgan fingerprint density at radius 2 is 2.09 bits per heavy atom. The van der Waals surface area contributed by atoms with Gasteiger partial charge in [0.25, 0.3) is 0 Å². The minimum atomic E-state index is -0.163. The maximum Gasteiger partial charge on any atom is 0.314 e. The van der Waals surface area contributed by atoms with Crippen molar-refractivity contribution in [1.82, 2.24) is 15.5 Å². The molecule has 2 N–H and O–H groups in total. The molecule has 0 aliphatic heterocycles. The summed E-state index contributed by atoms with van der Waals surface area (Å²) in [5, 5.41) is 9.14. The van der Waals surface area contributed by atoms with E-state index in [-0.39, 0.29) is 12.1 Å². The van der Waals surface area contributed by atoms with Crippen LogP contribution in [-0.2, 0) is 4.74 Å². The van der Waals surface area contributed by atoms with E-state index in [1.54, 1.807) is 18.4 Å². The molecule has 2 aromatic rings. The van der Waals surface area contributed by atoms with Crippen LogP contribution in [0.15, 0.2) is 29.6 Å². The summed E-state index contributed by atoms with van der Waals surface area (Å²) >= 11 is 1.74. The molecule has 22 heavy (non-hydrogen) atoms. The predicted octanol–water partition coefficient (Wildman–Crippen LogP) is 2.45. The highest BCUT2D eigenvalue weighted by Gasteiger charge is 2.18. The number of fused-ring (bicyclic) bond motifs is 1. The van der Waals surface area contributed by atoms with E-state index in [1.165, 1.54) is 15.6 Å². The maximum atomic E-state index is 11.8. The summed E-state index contributed by atoms with van der Waals surface area (Å²) in [4.78, 5) is 13.9. The van der Waals surface area contributed by atoms with Crippen LogP contribution in [0.1, 0.15) is 11.6 Å². The molecule has 0 saturated heterocycles. The third-order valence-electron chi connectivity index (χ3n) is 3.54. The molecule has 1 atom stereocenters. The molecular weight excluding hydrogens is 298 g/mol. The van der Waals surface area contributed by atoms with Crippen molar-refractivity contribution in [1.29, 1.82) is 0 Å². The van der Waals surface area contributed by atoms with Gasteiger partial charge < -0.3 is 20.3 Å². The number of methoxy groups -OCH3 is 1. The van der Waals surface area contributed by atoms with Crippen molar-refractivity contribution in [2.45, 2.75) is 6.04 Å². The number of rotatable bonds is 7. The number of urea groups is 1. The summed E-state index contributed by atoms with van der Waals surface area (Å²) in [6, 6.07) is 8.34. The zero-order chi connectivity index (χ0) is 15.9. The number of carbonyl (C=O) groups is 1. The highest BCUT2D eigenvalue weighted by atomic mass is 32.1. The lowest BCUT2D eigenvalue weighted by molar-refractivity contribution is 0.194. The number of ether oxygens (including phenoxy) is 1. The molecule has 6 heteroatoms. The van der Waals surface area contributed by atoms with Crippen LogP contribution in [0.2, 0.25) is 0 Å². The standard InChI is InChI=1S/C16H23N3O2S/c1-19(2)14(10-18-16(20)17-8-9-21-3)13-11-22-15-7-5-4-6-12(13)15/h4-7,11,14H,8-10H2,1-3H3,(H2,17,18,20). The molecule has 1 aromatic heterocycles. The number of thiophene rings is 1. The molecule has 0 spiro atoms. The third-order valence-corrected chi connectivity index (χ3v) is 4.52. The first-order chi connectivity index (χ1) is 10.6. The van der Waals surface area contributed by atoms with Crippen molar-refractivity contribution in [3.63, 3.8) is 0 Å². The first-order valence-electron chi connectivity index (χ1n) is 7.26. The normalized spacial score (nSPS) is 12.5. The van der Waals surface area contributed by atoms with E-state index < -0.39 is 0 Å². The molecule has 120 valence electrons. The Kier molecular flexibility index (Phi) is 6.18. The minimum absolute atomic E-state index is 0.143. The number of likely N-dealkylation sites (N-methyl/N-ethyl adjacent to an activating group) is 1. The van der Waals surface area contributed by atoms with Crippen molar-refractivity contribution < 1.29 is 9.53 Å². The van der Waals surface area contributed by atoms with Gasteiger partial charge in [-0.2, -0.15) is 0 Å². The van der Waals surface area contributed by atoms with Crippen molar-refractivity contribution in [2.75, 3.05) is 40.9 Å². The fraction of sp³-hybridized carbons (Fsp3) is 0.438. The minimum Gasteiger partial charge on any atom is -0.383 e. The van der Waals surface area contributed by atoms with Gasteiger partial charge in [0.1, 0.15) is 0 Å². The molecule has 0 saturated carbocycles. The average Bonchev–Trinajstić information content (AvgIpc) is 2.91. The summed E-state index contributed by atoms with van der Waals surface area (Å²) in [5.41, 5.74) is 1.25. The number of benzene rings is 1. The largest absolute Gasteiger partial charge is 0.383 e. The second-order valence-corrected chi connectivity index (χ2v) is 6.21. The Labute approximate surface area is 135 Å². The molecule has 5 nitrogen and oxygen atoms in total. The number of amides is 2. The van der Waals surface area contributed by atoms with Crippen LogP contribution in [0.5, 0.6) is 0 Å². The Balaban J connectivity index is 2.03. The highest BCUT2D eigenvalue weighted by molar-refractivity contribution is 7.17. The Bertz CT molecular complexity index is 612. The Morgan fingerprint density at radius 3 is 2.82 bits per heavy atom. The second-order valence-electron chi connectivity index (χ2n) is 5.30. The topological polar surface area (TPSA) is 53.6 Å². The lowest BCUT2D eigenvalue weighted by Gasteiger charge is -2.24. The number of nitrogens with one attached hydrogen (secondary N) is 2. The SMILES string of the molecule is COCCNC(=O)NCC(c1csc2ccccc12)N(C)C. The van der Waals surface area contributed by atoms with Gasteiger partial charge in [0.05, 0.1) is 12.6 Å². The molecule has 0 aliphatic rings. The van der Waals surface area contributed by atoms with Gasteiger partial charge in [0.2, 0.25) is 0 Å². The maximum absolute atomic E-state index is 11.8. The van der Waals surface area contributed by atoms with E-state index in [9.17, 15) is 4.79 Å². The molecular formula is C16H23N3O2S. The predicted molar refractivity (Wildman–Crippen MR) is 91.5 cm³/mol. The van der Waals surface area contributed by atoms with Gasteiger partial charge in [-0.15, -0.1) is 11.3 Å². The highest BCUT2D eigenvalue weighted by Crippen LogP contribution is 2.31. The molecule has 0 radical (unpaired) electrons. The van der Waals surface area contributed by atoms with Gasteiger partial charge in [-0.1, -0.05) is 18.2 Å². The van der Waals surface area contributed by atoms with Gasteiger partial charge >= 0.3 is 6.03 Å². The van der Waals surface area contributed by atoms with Gasteiger partial charge in [-0.3, -0.25) is 0 Å². The Hall–Kier alpha value is -1.63. The van der Waals surface area contributed by atoms with Crippen molar-refractivity contribution in [3.8, 4) is 0 Å². The van der Waals surface area contributed by atoms with Crippen LogP contribution in [0.3, 0.4) is 0 Å². The van der Waals surface area contributed by atoms with E-state index in [4.69, 9.17) is 4.74 Å². The summed E-state index contributed by atoms with van der Waals surface area (Å²) in [6.45, 7) is 1.59. The van der Waals surface area contributed by atoms with Crippen LogP contribution >= 0.6 is 11.3 Å². The Morgan fingerprint density at radius 1 is 1.32 bits per heavy atom. The summed E-state index contributed by atoms with van der Waals surface area (Å²) < 4.78 is 6.19. The summed E-state index contributed by atoms with van der Waals surface area (Å²) in [5.74, 6) is 0. The van der Waals surface area contributed by atoms with Crippen molar-refractivity contribution >= 4 is 27.5 Å². The number of nitrogens with zero attached hydrogens (tertiary/aromatic N) is 1. The molecule has 0 aliphatic carbocycles. The summed E-state index contributed by atoms with van der Waals surface area (Å²) in [7, 11) is 5.67. The number of carbonyl (C=O) groups excluding carboxylic acids is 1. The average molecular weight is 321 g/mol. The molecule has 0 fully saturated rings. The van der Waals surface area contributed by atoms with Crippen molar-refractivity contribution in [3.05, 3.63) is 35.2 Å². The van der Waals surface area contributed by atoms with Crippen LogP contribution in [-0.4, -0.2) is 51.8 Å².